The van der Waals surface area contributed by atoms with Gasteiger partial charge in [0, 0.05) is 38.6 Å². The largest absolute Gasteiger partial charge is 0.416 e. The highest BCUT2D eigenvalue weighted by Gasteiger charge is 2.32. The Bertz CT molecular complexity index is 748. The summed E-state index contributed by atoms with van der Waals surface area (Å²) >= 11 is 0. The number of rotatable bonds is 5. The minimum Gasteiger partial charge on any atom is -0.370 e. The van der Waals surface area contributed by atoms with Crippen molar-refractivity contribution in [1.29, 1.82) is 0 Å². The third kappa shape index (κ3) is 5.55. The predicted octanol–water partition coefficient (Wildman–Crippen LogP) is 3.83. The second kappa shape index (κ2) is 8.92. The highest BCUT2D eigenvalue weighted by atomic mass is 19.4. The molecule has 9 heteroatoms. The van der Waals surface area contributed by atoms with Gasteiger partial charge in [-0.25, -0.2) is 4.79 Å². The first-order chi connectivity index (χ1) is 13.7. The van der Waals surface area contributed by atoms with E-state index in [1.54, 1.807) is 11.8 Å². The van der Waals surface area contributed by atoms with Crippen molar-refractivity contribution in [3.63, 3.8) is 0 Å². The van der Waals surface area contributed by atoms with Gasteiger partial charge in [-0.05, 0) is 50.8 Å². The van der Waals surface area contributed by atoms with Gasteiger partial charge in [0.05, 0.1) is 16.9 Å². The van der Waals surface area contributed by atoms with E-state index >= 15 is 0 Å². The van der Waals surface area contributed by atoms with Gasteiger partial charge in [0.1, 0.15) is 0 Å². The van der Waals surface area contributed by atoms with E-state index in [1.807, 2.05) is 4.90 Å². The third-order valence-corrected chi connectivity index (χ3v) is 5.31. The fourth-order valence-electron chi connectivity index (χ4n) is 3.88. The molecule has 0 unspecified atom stereocenters. The Balaban J connectivity index is 1.71. The molecule has 1 aromatic rings. The summed E-state index contributed by atoms with van der Waals surface area (Å²) < 4.78 is 39.5. The number of halogens is 3. The molecule has 2 aliphatic heterocycles. The lowest BCUT2D eigenvalue weighted by Gasteiger charge is -2.31. The normalized spacial score (nSPS) is 18.7. The molecule has 160 valence electrons. The lowest BCUT2D eigenvalue weighted by Crippen LogP contribution is -2.44. The minimum atomic E-state index is -4.49. The molecule has 2 N–H and O–H groups in total. The topological polar surface area (TPSA) is 64.7 Å². The summed E-state index contributed by atoms with van der Waals surface area (Å²) in [7, 11) is 0. The molecule has 0 radical (unpaired) electrons. The number of carbonyl (C=O) groups excluding carboxylic acids is 2. The summed E-state index contributed by atoms with van der Waals surface area (Å²) in [5.41, 5.74) is -0.0665. The molecule has 2 saturated heterocycles. The molecule has 6 nitrogen and oxygen atoms in total. The zero-order valence-electron chi connectivity index (χ0n) is 16.5. The lowest BCUT2D eigenvalue weighted by molar-refractivity contribution is -0.137. The van der Waals surface area contributed by atoms with Gasteiger partial charge in [-0.15, -0.1) is 0 Å². The van der Waals surface area contributed by atoms with Gasteiger partial charge < -0.3 is 20.4 Å². The number of hydrogen-bond donors (Lipinski definition) is 2. The third-order valence-electron chi connectivity index (χ3n) is 5.31. The molecule has 0 bridgehead atoms. The van der Waals surface area contributed by atoms with Crippen molar-refractivity contribution in [2.24, 2.45) is 0 Å². The van der Waals surface area contributed by atoms with Gasteiger partial charge in [0.25, 0.3) is 0 Å². The van der Waals surface area contributed by atoms with Gasteiger partial charge in [-0.1, -0.05) is 0 Å². The molecule has 2 heterocycles. The number of amides is 3. The number of benzene rings is 1. The zero-order chi connectivity index (χ0) is 21.0. The van der Waals surface area contributed by atoms with E-state index in [-0.39, 0.29) is 17.6 Å². The molecule has 3 amide bonds. The van der Waals surface area contributed by atoms with Crippen LogP contribution in [-0.2, 0) is 11.0 Å². The number of urea groups is 1. The fraction of sp³-hybridized carbons (Fsp3) is 0.600. The molecule has 1 aromatic carbocycles. The van der Waals surface area contributed by atoms with Crippen LogP contribution in [0.4, 0.5) is 29.3 Å². The van der Waals surface area contributed by atoms with E-state index in [0.29, 0.717) is 25.2 Å². The first-order valence-corrected chi connectivity index (χ1v) is 10.1. The Morgan fingerprint density at radius 3 is 2.48 bits per heavy atom. The molecule has 0 spiro atoms. The van der Waals surface area contributed by atoms with Crippen molar-refractivity contribution in [2.75, 3.05) is 36.4 Å². The molecule has 0 aliphatic carbocycles. The number of piperidine rings is 1. The highest BCUT2D eigenvalue weighted by molar-refractivity contribution is 5.93. The average molecular weight is 412 g/mol. The number of alkyl halides is 3. The van der Waals surface area contributed by atoms with Crippen molar-refractivity contribution in [2.45, 2.75) is 51.2 Å². The van der Waals surface area contributed by atoms with Crippen molar-refractivity contribution in [3.05, 3.63) is 23.8 Å². The van der Waals surface area contributed by atoms with Crippen LogP contribution in [0.1, 0.15) is 44.6 Å². The van der Waals surface area contributed by atoms with Crippen LogP contribution in [0.25, 0.3) is 0 Å². The van der Waals surface area contributed by atoms with E-state index in [1.165, 1.54) is 6.07 Å². The Morgan fingerprint density at radius 1 is 1.14 bits per heavy atom. The summed E-state index contributed by atoms with van der Waals surface area (Å²) in [6.45, 7) is 4.31. The molecule has 2 fully saturated rings. The summed E-state index contributed by atoms with van der Waals surface area (Å²) in [4.78, 5) is 27.9. The summed E-state index contributed by atoms with van der Waals surface area (Å²) in [6.07, 6.45) is -0.144. The lowest BCUT2D eigenvalue weighted by atomic mass is 10.1. The van der Waals surface area contributed by atoms with Crippen LogP contribution in [0.5, 0.6) is 0 Å². The van der Waals surface area contributed by atoms with Crippen LogP contribution >= 0.6 is 0 Å². The van der Waals surface area contributed by atoms with E-state index in [2.05, 4.69) is 10.6 Å². The van der Waals surface area contributed by atoms with Crippen LogP contribution in [0.3, 0.4) is 0 Å². The van der Waals surface area contributed by atoms with Crippen molar-refractivity contribution < 1.29 is 22.8 Å². The van der Waals surface area contributed by atoms with Gasteiger partial charge in [-0.2, -0.15) is 13.2 Å². The second-order valence-corrected chi connectivity index (χ2v) is 7.72. The Labute approximate surface area is 168 Å². The molecule has 1 atom stereocenters. The maximum atomic E-state index is 13.2. The predicted molar refractivity (Wildman–Crippen MR) is 105 cm³/mol. The number of anilines is 2. The minimum absolute atomic E-state index is 0.0596. The quantitative estimate of drug-likeness (QED) is 0.773. The number of carbonyl (C=O) groups is 2. The maximum Gasteiger partial charge on any atom is 0.416 e. The summed E-state index contributed by atoms with van der Waals surface area (Å²) in [6, 6.07) is 2.56. The van der Waals surface area contributed by atoms with Crippen LogP contribution in [0.2, 0.25) is 0 Å². The van der Waals surface area contributed by atoms with Crippen LogP contribution in [-0.4, -0.2) is 49.1 Å². The van der Waals surface area contributed by atoms with Crippen molar-refractivity contribution in [1.82, 2.24) is 10.2 Å². The molecule has 0 saturated carbocycles. The fourth-order valence-corrected chi connectivity index (χ4v) is 3.88. The first-order valence-electron chi connectivity index (χ1n) is 10.1. The van der Waals surface area contributed by atoms with Crippen molar-refractivity contribution >= 4 is 23.3 Å². The Hall–Kier alpha value is -2.45. The molecule has 3 rings (SSSR count). The number of hydrogen-bond acceptors (Lipinski definition) is 3. The SMILES string of the molecule is C[C@@H](CN1CCCC1=O)NC(=O)Nc1cc(C(F)(F)F)ccc1N1CCCCC1. The Morgan fingerprint density at radius 2 is 1.86 bits per heavy atom. The van der Waals surface area contributed by atoms with Crippen LogP contribution < -0.4 is 15.5 Å². The summed E-state index contributed by atoms with van der Waals surface area (Å²) in [5.74, 6) is 0.0596. The van der Waals surface area contributed by atoms with E-state index in [0.717, 1.165) is 50.9 Å². The van der Waals surface area contributed by atoms with Gasteiger partial charge in [-0.3, -0.25) is 4.79 Å². The highest BCUT2D eigenvalue weighted by Crippen LogP contribution is 2.36. The standard InChI is InChI=1S/C20H27F3N4O2/c1-14(13-27-11-5-6-18(27)28)24-19(29)25-16-12-15(20(21,22)23)7-8-17(16)26-9-3-2-4-10-26/h7-8,12,14H,2-6,9-11,13H2,1H3,(H2,24,25,29)/t14-/m0/s1. The van der Waals surface area contributed by atoms with E-state index < -0.39 is 17.8 Å². The molecular weight excluding hydrogens is 385 g/mol. The van der Waals surface area contributed by atoms with Crippen LogP contribution in [0, 0.1) is 0 Å². The van der Waals surface area contributed by atoms with Crippen LogP contribution in [0.15, 0.2) is 18.2 Å². The first kappa shape index (κ1) is 21.3. The number of likely N-dealkylation sites (tertiary alicyclic amines) is 1. The zero-order valence-corrected chi connectivity index (χ0v) is 16.5. The smallest absolute Gasteiger partial charge is 0.370 e. The molecule has 0 aromatic heterocycles. The molecule has 29 heavy (non-hydrogen) atoms. The van der Waals surface area contributed by atoms with Gasteiger partial charge in [0.2, 0.25) is 5.91 Å². The van der Waals surface area contributed by atoms with Gasteiger partial charge in [0.15, 0.2) is 0 Å². The average Bonchev–Trinajstić information content (AvgIpc) is 3.06. The van der Waals surface area contributed by atoms with E-state index in [4.69, 9.17) is 0 Å². The monoisotopic (exact) mass is 412 g/mol. The van der Waals surface area contributed by atoms with E-state index in [9.17, 15) is 22.8 Å². The maximum absolute atomic E-state index is 13.2. The molecular formula is C20H27F3N4O2. The Kier molecular flexibility index (Phi) is 6.54. The van der Waals surface area contributed by atoms with Crippen molar-refractivity contribution in [3.8, 4) is 0 Å². The molecule has 2 aliphatic rings. The second-order valence-electron chi connectivity index (χ2n) is 7.72. The number of nitrogens with one attached hydrogen (secondary N) is 2. The number of nitrogens with zero attached hydrogens (tertiary/aromatic N) is 2. The summed E-state index contributed by atoms with van der Waals surface area (Å²) in [5, 5.41) is 5.31. The van der Waals surface area contributed by atoms with Gasteiger partial charge >= 0.3 is 12.2 Å².